The van der Waals surface area contributed by atoms with Crippen LogP contribution >= 0.6 is 0 Å². The number of halogens is 1. The molecule has 2 heteroatoms. The molecule has 16 heavy (non-hydrogen) atoms. The molecule has 1 fully saturated rings. The summed E-state index contributed by atoms with van der Waals surface area (Å²) in [7, 11) is 0. The number of hydrogen-bond donors (Lipinski definition) is 0. The molecular weight excluding hydrogens is 201 g/mol. The minimum Gasteiger partial charge on any atom is -0.360 e. The number of hydrogen-bond acceptors (Lipinski definition) is 1. The van der Waals surface area contributed by atoms with Gasteiger partial charge in [-0.05, 0) is 29.8 Å². The van der Waals surface area contributed by atoms with E-state index in [9.17, 15) is 4.39 Å². The van der Waals surface area contributed by atoms with Gasteiger partial charge in [-0.1, -0.05) is 30.3 Å². The molecule has 1 aliphatic rings. The predicted molar refractivity (Wildman–Crippen MR) is 62.9 cm³/mol. The summed E-state index contributed by atoms with van der Waals surface area (Å²) in [5.74, 6) is -0.179. The highest BCUT2D eigenvalue weighted by atomic mass is 19.1. The number of anilines is 1. The van der Waals surface area contributed by atoms with Gasteiger partial charge in [-0.25, -0.2) is 4.39 Å². The van der Waals surface area contributed by atoms with Gasteiger partial charge in [0.15, 0.2) is 0 Å². The maximum Gasteiger partial charge on any atom is 0.123 e. The molecule has 3 rings (SSSR count). The quantitative estimate of drug-likeness (QED) is 0.691. The van der Waals surface area contributed by atoms with Crippen molar-refractivity contribution in [2.75, 3.05) is 11.4 Å². The van der Waals surface area contributed by atoms with Gasteiger partial charge in [0.2, 0.25) is 0 Å². The summed E-state index contributed by atoms with van der Waals surface area (Å²) < 4.78 is 12.8. The van der Waals surface area contributed by atoms with Crippen LogP contribution in [0.25, 0.3) is 0 Å². The van der Waals surface area contributed by atoms with Crippen LogP contribution in [0.3, 0.4) is 0 Å². The van der Waals surface area contributed by atoms with E-state index in [1.165, 1.54) is 17.7 Å². The van der Waals surface area contributed by atoms with Gasteiger partial charge in [0.25, 0.3) is 0 Å². The zero-order chi connectivity index (χ0) is 11.0. The van der Waals surface area contributed by atoms with Gasteiger partial charge in [0.05, 0.1) is 6.04 Å². The summed E-state index contributed by atoms with van der Waals surface area (Å²) in [6, 6.07) is 17.5. The van der Waals surface area contributed by atoms with Crippen molar-refractivity contribution in [3.63, 3.8) is 0 Å². The number of nitrogens with zero attached hydrogens (tertiary/aromatic N) is 1. The minimum absolute atomic E-state index is 0.179. The third-order valence-corrected chi connectivity index (χ3v) is 2.95. The first kappa shape index (κ1) is 9.40. The van der Waals surface area contributed by atoms with Crippen molar-refractivity contribution >= 4 is 5.69 Å². The van der Waals surface area contributed by atoms with Gasteiger partial charge in [0.1, 0.15) is 5.82 Å². The van der Waals surface area contributed by atoms with E-state index in [4.69, 9.17) is 0 Å². The lowest BCUT2D eigenvalue weighted by atomic mass is 10.2. The second kappa shape index (κ2) is 3.63. The molecule has 0 aromatic heterocycles. The van der Waals surface area contributed by atoms with Crippen molar-refractivity contribution in [1.82, 2.24) is 0 Å². The molecule has 2 aromatic carbocycles. The van der Waals surface area contributed by atoms with Crippen LogP contribution in [0.2, 0.25) is 0 Å². The van der Waals surface area contributed by atoms with E-state index < -0.39 is 0 Å². The second-order valence-corrected chi connectivity index (χ2v) is 4.06. The Kier molecular flexibility index (Phi) is 2.13. The van der Waals surface area contributed by atoms with Crippen LogP contribution in [-0.4, -0.2) is 6.54 Å². The Morgan fingerprint density at radius 2 is 1.62 bits per heavy atom. The minimum atomic E-state index is -0.179. The van der Waals surface area contributed by atoms with Crippen molar-refractivity contribution in [2.24, 2.45) is 0 Å². The molecule has 0 bridgehead atoms. The molecule has 0 spiro atoms. The molecule has 80 valence electrons. The van der Waals surface area contributed by atoms with Crippen LogP contribution in [0.15, 0.2) is 54.6 Å². The third-order valence-electron chi connectivity index (χ3n) is 2.95. The smallest absolute Gasteiger partial charge is 0.123 e. The molecule has 0 unspecified atom stereocenters. The van der Waals surface area contributed by atoms with Crippen LogP contribution in [0.5, 0.6) is 0 Å². The Balaban J connectivity index is 1.79. The van der Waals surface area contributed by atoms with Crippen molar-refractivity contribution in [3.8, 4) is 0 Å². The average Bonchev–Trinajstić information content (AvgIpc) is 3.11. The molecule has 0 aliphatic carbocycles. The van der Waals surface area contributed by atoms with E-state index in [1.807, 2.05) is 18.2 Å². The Hall–Kier alpha value is -1.83. The van der Waals surface area contributed by atoms with Gasteiger partial charge in [-0.2, -0.15) is 0 Å². The van der Waals surface area contributed by atoms with E-state index in [-0.39, 0.29) is 5.82 Å². The fraction of sp³-hybridized carbons (Fsp3) is 0.143. The van der Waals surface area contributed by atoms with Gasteiger partial charge in [0, 0.05) is 12.2 Å². The molecule has 0 saturated carbocycles. The average molecular weight is 213 g/mol. The summed E-state index contributed by atoms with van der Waals surface area (Å²) >= 11 is 0. The van der Waals surface area contributed by atoms with Crippen molar-refractivity contribution in [1.29, 1.82) is 0 Å². The van der Waals surface area contributed by atoms with Gasteiger partial charge in [-0.3, -0.25) is 0 Å². The van der Waals surface area contributed by atoms with Crippen LogP contribution in [0.4, 0.5) is 10.1 Å². The lowest BCUT2D eigenvalue weighted by Gasteiger charge is -2.05. The predicted octanol–water partition coefficient (Wildman–Crippen LogP) is 3.39. The first-order valence-corrected chi connectivity index (χ1v) is 5.42. The lowest BCUT2D eigenvalue weighted by Crippen LogP contribution is -1.94. The van der Waals surface area contributed by atoms with Crippen molar-refractivity contribution in [3.05, 3.63) is 66.0 Å². The fourth-order valence-corrected chi connectivity index (χ4v) is 2.02. The first-order valence-electron chi connectivity index (χ1n) is 5.42. The summed E-state index contributed by atoms with van der Waals surface area (Å²) in [6.45, 7) is 1.02. The maximum atomic E-state index is 12.8. The second-order valence-electron chi connectivity index (χ2n) is 4.06. The Morgan fingerprint density at radius 1 is 0.938 bits per heavy atom. The number of rotatable bonds is 2. The Morgan fingerprint density at radius 3 is 2.31 bits per heavy atom. The molecule has 0 N–H and O–H groups in total. The van der Waals surface area contributed by atoms with Crippen molar-refractivity contribution in [2.45, 2.75) is 6.04 Å². The van der Waals surface area contributed by atoms with Crippen LogP contribution in [-0.2, 0) is 0 Å². The van der Waals surface area contributed by atoms with E-state index >= 15 is 0 Å². The third kappa shape index (κ3) is 1.67. The zero-order valence-electron chi connectivity index (χ0n) is 8.81. The standard InChI is InChI=1S/C14H12FN/c15-12-6-8-13(9-7-12)16-10-14(16)11-4-2-1-3-5-11/h1-9,14H,10H2/t14-,16?/m1/s1. The highest BCUT2D eigenvalue weighted by Crippen LogP contribution is 2.39. The van der Waals surface area contributed by atoms with Gasteiger partial charge in [-0.15, -0.1) is 0 Å². The maximum absolute atomic E-state index is 12.8. The highest BCUT2D eigenvalue weighted by molar-refractivity contribution is 5.56. The van der Waals surface area contributed by atoms with E-state index in [2.05, 4.69) is 29.2 Å². The highest BCUT2D eigenvalue weighted by Gasteiger charge is 2.35. The summed E-state index contributed by atoms with van der Waals surface area (Å²) in [5, 5.41) is 0. The summed E-state index contributed by atoms with van der Waals surface area (Å²) in [4.78, 5) is 2.26. The number of benzene rings is 2. The van der Waals surface area contributed by atoms with Crippen LogP contribution in [0.1, 0.15) is 11.6 Å². The fourth-order valence-electron chi connectivity index (χ4n) is 2.02. The van der Waals surface area contributed by atoms with Crippen LogP contribution in [0, 0.1) is 5.82 Å². The molecule has 2 aromatic rings. The SMILES string of the molecule is Fc1ccc(N2C[C@@H]2c2ccccc2)cc1. The summed E-state index contributed by atoms with van der Waals surface area (Å²) in [5.41, 5.74) is 2.42. The molecule has 0 radical (unpaired) electrons. The van der Waals surface area contributed by atoms with Crippen LogP contribution < -0.4 is 4.90 Å². The van der Waals surface area contributed by atoms with E-state index in [1.54, 1.807) is 0 Å². The largest absolute Gasteiger partial charge is 0.360 e. The lowest BCUT2D eigenvalue weighted by molar-refractivity contribution is 0.628. The first-order chi connectivity index (χ1) is 7.84. The Bertz CT molecular complexity index is 478. The van der Waals surface area contributed by atoms with Gasteiger partial charge < -0.3 is 4.90 Å². The molecule has 1 aliphatic heterocycles. The van der Waals surface area contributed by atoms with Crippen molar-refractivity contribution < 1.29 is 4.39 Å². The molecule has 1 atom stereocenters. The molecule has 1 saturated heterocycles. The molecule has 1 nitrogen and oxygen atoms in total. The van der Waals surface area contributed by atoms with E-state index in [0.29, 0.717) is 6.04 Å². The monoisotopic (exact) mass is 213 g/mol. The van der Waals surface area contributed by atoms with Gasteiger partial charge >= 0.3 is 0 Å². The summed E-state index contributed by atoms with van der Waals surface area (Å²) in [6.07, 6.45) is 0. The molecule has 0 amide bonds. The van der Waals surface area contributed by atoms with E-state index in [0.717, 1.165) is 12.2 Å². The molecule has 1 heterocycles. The topological polar surface area (TPSA) is 3.01 Å². The zero-order valence-corrected chi connectivity index (χ0v) is 8.81. The Labute approximate surface area is 94.1 Å². The molecular formula is C14H12FN. The normalized spacial score (nSPS) is 18.6.